The summed E-state index contributed by atoms with van der Waals surface area (Å²) < 4.78 is 13.1. The van der Waals surface area contributed by atoms with Gasteiger partial charge in [-0.3, -0.25) is 0 Å². The van der Waals surface area contributed by atoms with Gasteiger partial charge >= 0.3 is 0 Å². The van der Waals surface area contributed by atoms with Crippen molar-refractivity contribution in [3.05, 3.63) is 40.4 Å². The van der Waals surface area contributed by atoms with Crippen molar-refractivity contribution in [2.45, 2.75) is 0 Å². The molecule has 7 heteroatoms. The lowest BCUT2D eigenvalue weighted by Gasteiger charge is -2.08. The van der Waals surface area contributed by atoms with Gasteiger partial charge in [-0.05, 0) is 18.2 Å². The quantitative estimate of drug-likeness (QED) is 0.881. The van der Waals surface area contributed by atoms with Crippen LogP contribution in [0.4, 0.5) is 21.7 Å². The lowest BCUT2D eigenvalue weighted by molar-refractivity contribution is 0.628. The maximum atomic E-state index is 13.1. The number of halogens is 3. The number of anilines is 3. The van der Waals surface area contributed by atoms with E-state index in [1.54, 1.807) is 6.07 Å². The van der Waals surface area contributed by atoms with Crippen LogP contribution in [0.2, 0.25) is 10.0 Å². The van der Waals surface area contributed by atoms with Gasteiger partial charge in [-0.25, -0.2) is 14.4 Å². The van der Waals surface area contributed by atoms with Crippen LogP contribution < -0.4 is 11.1 Å². The standard InChI is InChI=1S/C10H7Cl2FN4/c11-5-1-6(13)3-7(2-5)17-10-8(12)9(14)15-4-16-10/h1-4H,(H3,14,15,16,17). The van der Waals surface area contributed by atoms with Crippen LogP contribution in [-0.4, -0.2) is 9.97 Å². The van der Waals surface area contributed by atoms with Crippen LogP contribution in [-0.2, 0) is 0 Å². The second-order valence-electron chi connectivity index (χ2n) is 3.20. The van der Waals surface area contributed by atoms with E-state index in [9.17, 15) is 4.39 Å². The van der Waals surface area contributed by atoms with Gasteiger partial charge in [0.25, 0.3) is 0 Å². The molecule has 2 aromatic rings. The molecule has 17 heavy (non-hydrogen) atoms. The molecule has 4 nitrogen and oxygen atoms in total. The number of nitrogens with one attached hydrogen (secondary N) is 1. The van der Waals surface area contributed by atoms with Crippen molar-refractivity contribution in [2.24, 2.45) is 0 Å². The molecular weight excluding hydrogens is 266 g/mol. The fourth-order valence-electron chi connectivity index (χ4n) is 1.23. The van der Waals surface area contributed by atoms with E-state index in [-0.39, 0.29) is 15.9 Å². The molecule has 0 aliphatic rings. The van der Waals surface area contributed by atoms with Gasteiger partial charge in [0, 0.05) is 10.7 Å². The molecule has 0 unspecified atom stereocenters. The number of hydrogen-bond donors (Lipinski definition) is 2. The van der Waals surface area contributed by atoms with Crippen molar-refractivity contribution in [3.8, 4) is 0 Å². The molecule has 3 N–H and O–H groups in total. The first kappa shape index (κ1) is 11.9. The Hall–Kier alpha value is -1.59. The zero-order valence-electron chi connectivity index (χ0n) is 8.42. The average molecular weight is 273 g/mol. The van der Waals surface area contributed by atoms with E-state index in [1.165, 1.54) is 18.5 Å². The Morgan fingerprint density at radius 1 is 1.18 bits per heavy atom. The summed E-state index contributed by atoms with van der Waals surface area (Å²) >= 11 is 11.6. The number of nitrogens with zero attached hydrogens (tertiary/aromatic N) is 2. The molecule has 0 fully saturated rings. The monoisotopic (exact) mass is 272 g/mol. The Kier molecular flexibility index (Phi) is 3.31. The van der Waals surface area contributed by atoms with E-state index in [0.29, 0.717) is 11.5 Å². The van der Waals surface area contributed by atoms with E-state index < -0.39 is 5.82 Å². The molecule has 0 amide bonds. The first-order valence-electron chi connectivity index (χ1n) is 4.55. The molecule has 88 valence electrons. The van der Waals surface area contributed by atoms with Crippen LogP contribution in [0.25, 0.3) is 0 Å². The maximum absolute atomic E-state index is 13.1. The molecule has 0 radical (unpaired) electrons. The van der Waals surface area contributed by atoms with Gasteiger partial charge in [0.05, 0.1) is 0 Å². The smallest absolute Gasteiger partial charge is 0.154 e. The molecule has 0 atom stereocenters. The van der Waals surface area contributed by atoms with Crippen molar-refractivity contribution in [1.29, 1.82) is 0 Å². The molecule has 0 aliphatic heterocycles. The molecule has 2 rings (SSSR count). The van der Waals surface area contributed by atoms with Gasteiger partial charge in [0.15, 0.2) is 5.82 Å². The third kappa shape index (κ3) is 2.75. The summed E-state index contributed by atoms with van der Waals surface area (Å²) in [5, 5.41) is 3.25. The Bertz CT molecular complexity index is 542. The highest BCUT2D eigenvalue weighted by atomic mass is 35.5. The van der Waals surface area contributed by atoms with E-state index in [0.717, 1.165) is 0 Å². The molecule has 0 saturated heterocycles. The molecule has 1 aromatic carbocycles. The van der Waals surface area contributed by atoms with Crippen LogP contribution in [0.5, 0.6) is 0 Å². The molecule has 0 bridgehead atoms. The Morgan fingerprint density at radius 3 is 2.65 bits per heavy atom. The molecule has 1 aromatic heterocycles. The largest absolute Gasteiger partial charge is 0.382 e. The first-order valence-corrected chi connectivity index (χ1v) is 5.31. The van der Waals surface area contributed by atoms with E-state index in [2.05, 4.69) is 15.3 Å². The summed E-state index contributed by atoms with van der Waals surface area (Å²) in [5.41, 5.74) is 5.94. The van der Waals surface area contributed by atoms with E-state index in [4.69, 9.17) is 28.9 Å². The number of nitrogen functional groups attached to an aromatic ring is 1. The SMILES string of the molecule is Nc1ncnc(Nc2cc(F)cc(Cl)c2)c1Cl. The van der Waals surface area contributed by atoms with Gasteiger partial charge in [0.2, 0.25) is 0 Å². The molecule has 1 heterocycles. The summed E-state index contributed by atoms with van der Waals surface area (Å²) in [7, 11) is 0. The number of benzene rings is 1. The second-order valence-corrected chi connectivity index (χ2v) is 4.02. The summed E-state index contributed by atoms with van der Waals surface area (Å²) in [4.78, 5) is 7.60. The lowest BCUT2D eigenvalue weighted by atomic mass is 10.3. The van der Waals surface area contributed by atoms with Crippen molar-refractivity contribution in [1.82, 2.24) is 9.97 Å². The minimum Gasteiger partial charge on any atom is -0.382 e. The van der Waals surface area contributed by atoms with Gasteiger partial charge in [-0.1, -0.05) is 23.2 Å². The highest BCUT2D eigenvalue weighted by molar-refractivity contribution is 6.35. The number of aromatic nitrogens is 2. The number of rotatable bonds is 2. The van der Waals surface area contributed by atoms with Crippen LogP contribution in [0.3, 0.4) is 0 Å². The maximum Gasteiger partial charge on any atom is 0.154 e. The van der Waals surface area contributed by atoms with Gasteiger partial charge < -0.3 is 11.1 Å². The van der Waals surface area contributed by atoms with Crippen molar-refractivity contribution < 1.29 is 4.39 Å². The number of hydrogen-bond acceptors (Lipinski definition) is 4. The highest BCUT2D eigenvalue weighted by Crippen LogP contribution is 2.27. The van der Waals surface area contributed by atoms with E-state index in [1.807, 2.05) is 0 Å². The minimum absolute atomic E-state index is 0.145. The zero-order valence-corrected chi connectivity index (χ0v) is 9.93. The zero-order chi connectivity index (χ0) is 12.4. The average Bonchev–Trinajstić information content (AvgIpc) is 2.23. The third-order valence-corrected chi connectivity index (χ3v) is 2.53. The normalized spacial score (nSPS) is 10.3. The topological polar surface area (TPSA) is 63.8 Å². The Labute approximate surface area is 107 Å². The van der Waals surface area contributed by atoms with Crippen LogP contribution in [0.15, 0.2) is 24.5 Å². The van der Waals surface area contributed by atoms with Crippen LogP contribution in [0, 0.1) is 5.82 Å². The van der Waals surface area contributed by atoms with Crippen LogP contribution >= 0.6 is 23.2 Å². The second kappa shape index (κ2) is 4.73. The fraction of sp³-hybridized carbons (Fsp3) is 0. The summed E-state index contributed by atoms with van der Waals surface area (Å²) in [6, 6.07) is 4.00. The Morgan fingerprint density at radius 2 is 1.94 bits per heavy atom. The van der Waals surface area contributed by atoms with E-state index >= 15 is 0 Å². The highest BCUT2D eigenvalue weighted by Gasteiger charge is 2.07. The lowest BCUT2D eigenvalue weighted by Crippen LogP contribution is -1.99. The molecule has 0 aliphatic carbocycles. The fourth-order valence-corrected chi connectivity index (χ4v) is 1.60. The summed E-state index contributed by atoms with van der Waals surface area (Å²) in [5.74, 6) is -0.0225. The minimum atomic E-state index is -0.460. The summed E-state index contributed by atoms with van der Waals surface area (Å²) in [6.07, 6.45) is 1.25. The molecule has 0 saturated carbocycles. The Balaban J connectivity index is 2.34. The van der Waals surface area contributed by atoms with Gasteiger partial charge in [-0.15, -0.1) is 0 Å². The third-order valence-electron chi connectivity index (χ3n) is 1.94. The van der Waals surface area contributed by atoms with Gasteiger partial charge in [-0.2, -0.15) is 0 Å². The van der Waals surface area contributed by atoms with Crippen molar-refractivity contribution >= 4 is 40.5 Å². The predicted octanol–water partition coefficient (Wildman–Crippen LogP) is 3.25. The molecule has 0 spiro atoms. The first-order chi connectivity index (χ1) is 8.06. The van der Waals surface area contributed by atoms with Crippen molar-refractivity contribution in [3.63, 3.8) is 0 Å². The predicted molar refractivity (Wildman–Crippen MR) is 66.1 cm³/mol. The summed E-state index contributed by atoms with van der Waals surface area (Å²) in [6.45, 7) is 0. The molecular formula is C10H7Cl2FN4. The number of nitrogens with two attached hydrogens (primary N) is 1. The van der Waals surface area contributed by atoms with Crippen LogP contribution in [0.1, 0.15) is 0 Å². The van der Waals surface area contributed by atoms with Gasteiger partial charge in [0.1, 0.15) is 23.0 Å². The van der Waals surface area contributed by atoms with Crippen molar-refractivity contribution in [2.75, 3.05) is 11.1 Å².